The molecule has 0 N–H and O–H groups in total. The Morgan fingerprint density at radius 2 is 1.43 bits per heavy atom. The minimum atomic E-state index is -0.300. The van der Waals surface area contributed by atoms with Gasteiger partial charge in [-0.1, -0.05) is 103 Å². The van der Waals surface area contributed by atoms with Gasteiger partial charge in [0.15, 0.2) is 0 Å². The summed E-state index contributed by atoms with van der Waals surface area (Å²) < 4.78 is 2.35. The molecule has 4 atom stereocenters. The highest BCUT2D eigenvalue weighted by Gasteiger charge is 2.49. The lowest BCUT2D eigenvalue weighted by Gasteiger charge is -2.42. The van der Waals surface area contributed by atoms with Crippen LogP contribution in [-0.2, 0) is 5.41 Å². The Hall–Kier alpha value is -6.36. The molecule has 2 heterocycles. The van der Waals surface area contributed by atoms with Crippen LogP contribution >= 0.6 is 0 Å². The van der Waals surface area contributed by atoms with Crippen molar-refractivity contribution in [1.29, 1.82) is 10.5 Å². The van der Waals surface area contributed by atoms with Gasteiger partial charge in [0.05, 0.1) is 40.8 Å². The summed E-state index contributed by atoms with van der Waals surface area (Å²) in [5.41, 5.74) is 10.3. The minimum Gasteiger partial charge on any atom is -0.356 e. The van der Waals surface area contributed by atoms with Crippen LogP contribution in [0.3, 0.4) is 0 Å². The Kier molecular flexibility index (Phi) is 6.54. The van der Waals surface area contributed by atoms with E-state index in [0.717, 1.165) is 22.5 Å². The number of benzene rings is 5. The molecule has 9 rings (SSSR count). The second-order valence-electron chi connectivity index (χ2n) is 13.3. The monoisotopic (exact) mass is 628 g/mol. The van der Waals surface area contributed by atoms with Gasteiger partial charge in [0.25, 0.3) is 0 Å². The van der Waals surface area contributed by atoms with Crippen LogP contribution in [0.25, 0.3) is 38.6 Å². The van der Waals surface area contributed by atoms with E-state index in [1.807, 2.05) is 18.2 Å². The van der Waals surface area contributed by atoms with E-state index in [0.29, 0.717) is 11.1 Å². The first-order chi connectivity index (χ1) is 24.1. The van der Waals surface area contributed by atoms with Crippen LogP contribution in [0.1, 0.15) is 29.5 Å². The van der Waals surface area contributed by atoms with Gasteiger partial charge in [-0.15, -0.1) is 0 Å². The number of nitrogens with zero attached hydrogens (tertiary/aromatic N) is 4. The third kappa shape index (κ3) is 4.35. The number of para-hydroxylation sites is 2. The van der Waals surface area contributed by atoms with Crippen LogP contribution in [0.2, 0.25) is 0 Å². The molecular weight excluding hydrogens is 597 g/mol. The topological polar surface area (TPSA) is 55.8 Å². The molecular formula is C45H32N4. The number of nitriles is 2. The fraction of sp³-hybridized carbons (Fsp3) is 0.111. The molecule has 4 nitrogen and oxygen atoms in total. The van der Waals surface area contributed by atoms with E-state index in [2.05, 4.69) is 168 Å². The van der Waals surface area contributed by atoms with E-state index >= 15 is 0 Å². The number of fused-ring (bicyclic) bond motifs is 6. The van der Waals surface area contributed by atoms with Crippen LogP contribution < -0.4 is 4.90 Å². The number of hydrogen-bond donors (Lipinski definition) is 0. The number of aromatic nitrogens is 1. The Bertz CT molecular complexity index is 2460. The van der Waals surface area contributed by atoms with Crippen molar-refractivity contribution in [2.24, 2.45) is 0 Å². The zero-order valence-corrected chi connectivity index (χ0v) is 27.0. The predicted molar refractivity (Wildman–Crippen MR) is 199 cm³/mol. The van der Waals surface area contributed by atoms with Gasteiger partial charge >= 0.3 is 0 Å². The van der Waals surface area contributed by atoms with Crippen LogP contribution in [0, 0.1) is 22.7 Å². The number of allylic oxidation sites excluding steroid dienone is 4. The molecule has 6 aromatic rings. The van der Waals surface area contributed by atoms with Gasteiger partial charge < -0.3 is 9.47 Å². The second-order valence-corrected chi connectivity index (χ2v) is 13.3. The molecule has 3 aliphatic rings. The SMILES string of the molecule is CC12C=CC=CC1N(C1C=C(C#N)C=CC1c1ccccc1-c1ccc(-n3c4ccccc4c4ccccc43)cc1)c1ccc(C#N)cc12. The van der Waals surface area contributed by atoms with E-state index in [4.69, 9.17) is 0 Å². The third-order valence-corrected chi connectivity index (χ3v) is 10.7. The lowest BCUT2D eigenvalue weighted by Crippen LogP contribution is -2.48. The van der Waals surface area contributed by atoms with Gasteiger partial charge in [-0.05, 0) is 83.8 Å². The molecule has 0 amide bonds. The standard InChI is InChI=1S/C45H32N4/c1-45-25-9-8-16-44(45)49(42-24-18-30(28-46)26-39(42)45)43-27-31(29-47)17-23-38(43)35-11-3-2-10-34(35)32-19-21-33(22-20-32)48-40-14-6-4-12-36(40)37-13-5-7-15-41(37)48/h2-27,38,43-44H,1H3. The fourth-order valence-corrected chi connectivity index (χ4v) is 8.43. The molecule has 0 radical (unpaired) electrons. The number of anilines is 1. The average molecular weight is 629 g/mol. The minimum absolute atomic E-state index is 0.0181. The molecule has 4 unspecified atom stereocenters. The third-order valence-electron chi connectivity index (χ3n) is 10.7. The molecule has 1 aliphatic heterocycles. The first-order valence-electron chi connectivity index (χ1n) is 16.8. The summed E-state index contributed by atoms with van der Waals surface area (Å²) in [5, 5.41) is 22.3. The van der Waals surface area contributed by atoms with Crippen molar-refractivity contribution in [3.8, 4) is 29.0 Å². The largest absolute Gasteiger partial charge is 0.356 e. The molecule has 0 fully saturated rings. The first-order valence-corrected chi connectivity index (χ1v) is 16.8. The summed E-state index contributed by atoms with van der Waals surface area (Å²) in [6, 6.07) is 45.5. The highest BCUT2D eigenvalue weighted by molar-refractivity contribution is 6.09. The zero-order chi connectivity index (χ0) is 33.1. The smallest absolute Gasteiger partial charge is 0.0991 e. The quantitative estimate of drug-likeness (QED) is 0.195. The number of rotatable bonds is 4. The summed E-state index contributed by atoms with van der Waals surface area (Å²) in [5.74, 6) is -0.0181. The Balaban J connectivity index is 1.15. The Labute approximate surface area is 286 Å². The summed E-state index contributed by atoms with van der Waals surface area (Å²) in [6.07, 6.45) is 15.0. The van der Waals surface area contributed by atoms with Crippen LogP contribution in [0.15, 0.2) is 163 Å². The summed E-state index contributed by atoms with van der Waals surface area (Å²) in [6.45, 7) is 2.26. The van der Waals surface area contributed by atoms with Gasteiger partial charge in [0.2, 0.25) is 0 Å². The van der Waals surface area contributed by atoms with Crippen molar-refractivity contribution >= 4 is 27.5 Å². The van der Waals surface area contributed by atoms with E-state index in [1.54, 1.807) is 0 Å². The molecule has 1 aromatic heterocycles. The zero-order valence-electron chi connectivity index (χ0n) is 27.0. The average Bonchev–Trinajstić information content (AvgIpc) is 3.63. The second kappa shape index (κ2) is 11.1. The lowest BCUT2D eigenvalue weighted by molar-refractivity contribution is 0.487. The molecule has 4 heteroatoms. The molecule has 0 saturated heterocycles. The number of hydrogen-bond acceptors (Lipinski definition) is 3. The van der Waals surface area contributed by atoms with Gasteiger partial charge in [0.1, 0.15) is 0 Å². The summed E-state index contributed by atoms with van der Waals surface area (Å²) >= 11 is 0. The van der Waals surface area contributed by atoms with Crippen molar-refractivity contribution < 1.29 is 0 Å². The van der Waals surface area contributed by atoms with Gasteiger partial charge in [-0.25, -0.2) is 0 Å². The van der Waals surface area contributed by atoms with Crippen molar-refractivity contribution in [1.82, 2.24) is 4.57 Å². The Morgan fingerprint density at radius 1 is 0.714 bits per heavy atom. The normalized spacial score (nSPS) is 22.1. The highest BCUT2D eigenvalue weighted by atomic mass is 15.2. The van der Waals surface area contributed by atoms with E-state index in [9.17, 15) is 10.5 Å². The molecule has 0 bridgehead atoms. The van der Waals surface area contributed by atoms with Crippen molar-refractivity contribution in [2.75, 3.05) is 4.90 Å². The lowest BCUT2D eigenvalue weighted by atomic mass is 9.75. The predicted octanol–water partition coefficient (Wildman–Crippen LogP) is 10.1. The van der Waals surface area contributed by atoms with E-state index in [-0.39, 0.29) is 23.4 Å². The molecule has 232 valence electrons. The highest BCUT2D eigenvalue weighted by Crippen LogP contribution is 2.52. The molecule has 0 saturated carbocycles. The summed E-state index contributed by atoms with van der Waals surface area (Å²) in [4.78, 5) is 2.48. The fourth-order valence-electron chi connectivity index (χ4n) is 8.43. The van der Waals surface area contributed by atoms with Gasteiger partial charge in [-0.3, -0.25) is 0 Å². The van der Waals surface area contributed by atoms with Gasteiger partial charge in [0, 0.05) is 39.1 Å². The van der Waals surface area contributed by atoms with Crippen LogP contribution in [-0.4, -0.2) is 16.7 Å². The molecule has 0 spiro atoms. The molecule has 2 aliphatic carbocycles. The Morgan fingerprint density at radius 3 is 2.16 bits per heavy atom. The van der Waals surface area contributed by atoms with Crippen molar-refractivity contribution in [3.63, 3.8) is 0 Å². The maximum atomic E-state index is 10.1. The maximum Gasteiger partial charge on any atom is 0.0991 e. The van der Waals surface area contributed by atoms with Crippen molar-refractivity contribution in [3.05, 3.63) is 180 Å². The van der Waals surface area contributed by atoms with Crippen molar-refractivity contribution in [2.45, 2.75) is 30.3 Å². The van der Waals surface area contributed by atoms with Crippen LogP contribution in [0.4, 0.5) is 5.69 Å². The van der Waals surface area contributed by atoms with Crippen LogP contribution in [0.5, 0.6) is 0 Å². The molecule has 49 heavy (non-hydrogen) atoms. The van der Waals surface area contributed by atoms with E-state index < -0.39 is 0 Å². The summed E-state index contributed by atoms with van der Waals surface area (Å²) in [7, 11) is 0. The molecule has 5 aromatic carbocycles. The van der Waals surface area contributed by atoms with Gasteiger partial charge in [-0.2, -0.15) is 10.5 Å². The maximum absolute atomic E-state index is 10.1. The van der Waals surface area contributed by atoms with E-state index in [1.165, 1.54) is 32.9 Å². The first kappa shape index (κ1) is 28.8.